The van der Waals surface area contributed by atoms with E-state index in [1.807, 2.05) is 31.2 Å². The summed E-state index contributed by atoms with van der Waals surface area (Å²) in [6, 6.07) is 19.2. The number of thiophene rings is 1. The molecule has 2 aliphatic rings. The number of benzene rings is 2. The van der Waals surface area contributed by atoms with Crippen molar-refractivity contribution in [3.05, 3.63) is 92.5 Å². The van der Waals surface area contributed by atoms with Crippen LogP contribution in [0, 0.1) is 6.92 Å². The highest BCUT2D eigenvalue weighted by atomic mass is 32.1. The van der Waals surface area contributed by atoms with Gasteiger partial charge in [0.05, 0.1) is 24.4 Å². The van der Waals surface area contributed by atoms with Crippen molar-refractivity contribution in [2.24, 2.45) is 0 Å². The van der Waals surface area contributed by atoms with Gasteiger partial charge in [-0.15, -0.1) is 11.3 Å². The molecule has 174 valence electrons. The molecule has 4 nitrogen and oxygen atoms in total. The quantitative estimate of drug-likeness (QED) is 0.323. The van der Waals surface area contributed by atoms with Gasteiger partial charge in [-0.25, -0.2) is 4.98 Å². The molecule has 0 spiro atoms. The van der Waals surface area contributed by atoms with E-state index in [2.05, 4.69) is 46.6 Å². The van der Waals surface area contributed by atoms with Gasteiger partial charge in [-0.2, -0.15) is 0 Å². The van der Waals surface area contributed by atoms with E-state index in [9.17, 15) is 0 Å². The molecule has 0 radical (unpaired) electrons. The molecule has 1 aliphatic heterocycles. The Bertz CT molecular complexity index is 1310. The minimum Gasteiger partial charge on any atom is -0.496 e. The van der Waals surface area contributed by atoms with Gasteiger partial charge in [0, 0.05) is 22.8 Å². The van der Waals surface area contributed by atoms with E-state index < -0.39 is 0 Å². The standard InChI is InChI=1S/C29H30N2O2S/c1-19-24(30-29(33-19)23-13-6-8-14-25(23)32-2)18-31-17-16-22-21-12-7-9-15-26(21)34-28(22)27(31)20-10-4-3-5-11-20/h3-6,8,10-11,13-14,27H,7,9,12,15-18H2,1-2H3/t27-/m1/s1. The molecule has 3 heterocycles. The number of hydrogen-bond donors (Lipinski definition) is 0. The van der Waals surface area contributed by atoms with Gasteiger partial charge in [0.2, 0.25) is 5.89 Å². The Balaban J connectivity index is 1.37. The second kappa shape index (κ2) is 9.05. The summed E-state index contributed by atoms with van der Waals surface area (Å²) in [6.07, 6.45) is 6.29. The SMILES string of the molecule is COc1ccccc1-c1nc(CN2CCc3c(sc4c3CCCC4)[C@H]2c2ccccc2)c(C)o1. The molecule has 2 aromatic heterocycles. The lowest BCUT2D eigenvalue weighted by Crippen LogP contribution is -2.35. The fraction of sp³-hybridized carbons (Fsp3) is 0.345. The number of fused-ring (bicyclic) bond motifs is 3. The molecule has 0 saturated carbocycles. The fourth-order valence-electron chi connectivity index (χ4n) is 5.57. The van der Waals surface area contributed by atoms with Gasteiger partial charge in [-0.05, 0) is 67.9 Å². The lowest BCUT2D eigenvalue weighted by molar-refractivity contribution is 0.204. The third-order valence-electron chi connectivity index (χ3n) is 7.27. The lowest BCUT2D eigenvalue weighted by atomic mass is 9.88. The largest absolute Gasteiger partial charge is 0.496 e. The van der Waals surface area contributed by atoms with Crippen molar-refractivity contribution in [1.29, 1.82) is 0 Å². The monoisotopic (exact) mass is 470 g/mol. The Kier molecular flexibility index (Phi) is 5.75. The fourth-order valence-corrected chi connectivity index (χ4v) is 7.17. The summed E-state index contributed by atoms with van der Waals surface area (Å²) in [7, 11) is 1.69. The normalized spacial score (nSPS) is 17.9. The molecule has 0 amide bonds. The molecule has 0 saturated heterocycles. The van der Waals surface area contributed by atoms with Crippen LogP contribution in [0.1, 0.15) is 56.8 Å². The second-order valence-corrected chi connectivity index (χ2v) is 10.4. The smallest absolute Gasteiger partial charge is 0.230 e. The van der Waals surface area contributed by atoms with Crippen LogP contribution < -0.4 is 4.74 Å². The van der Waals surface area contributed by atoms with E-state index in [4.69, 9.17) is 14.1 Å². The van der Waals surface area contributed by atoms with Crippen molar-refractivity contribution in [3.63, 3.8) is 0 Å². The van der Waals surface area contributed by atoms with Crippen molar-refractivity contribution < 1.29 is 9.15 Å². The van der Waals surface area contributed by atoms with Crippen LogP contribution >= 0.6 is 11.3 Å². The van der Waals surface area contributed by atoms with E-state index in [1.54, 1.807) is 28.0 Å². The van der Waals surface area contributed by atoms with Gasteiger partial charge in [-0.1, -0.05) is 42.5 Å². The highest BCUT2D eigenvalue weighted by Gasteiger charge is 2.34. The molecular weight excluding hydrogens is 440 g/mol. The van der Waals surface area contributed by atoms with Crippen LogP contribution in [0.4, 0.5) is 0 Å². The van der Waals surface area contributed by atoms with Crippen molar-refractivity contribution >= 4 is 11.3 Å². The van der Waals surface area contributed by atoms with Gasteiger partial charge in [0.1, 0.15) is 11.5 Å². The molecule has 4 aromatic rings. The summed E-state index contributed by atoms with van der Waals surface area (Å²) >= 11 is 2.06. The highest BCUT2D eigenvalue weighted by Crippen LogP contribution is 2.45. The van der Waals surface area contributed by atoms with Gasteiger partial charge >= 0.3 is 0 Å². The summed E-state index contributed by atoms with van der Waals surface area (Å²) in [6.45, 7) is 3.83. The van der Waals surface area contributed by atoms with Gasteiger partial charge in [0.15, 0.2) is 0 Å². The molecule has 0 fully saturated rings. The summed E-state index contributed by atoms with van der Waals surface area (Å²) in [5.74, 6) is 2.29. The zero-order valence-electron chi connectivity index (χ0n) is 19.8. The van der Waals surface area contributed by atoms with Crippen LogP contribution in [0.2, 0.25) is 0 Å². The number of rotatable bonds is 5. The molecule has 6 rings (SSSR count). The molecule has 0 unspecified atom stereocenters. The molecule has 2 aromatic carbocycles. The van der Waals surface area contributed by atoms with Gasteiger partial charge in [-0.3, -0.25) is 4.90 Å². The summed E-state index contributed by atoms with van der Waals surface area (Å²) in [4.78, 5) is 10.7. The summed E-state index contributed by atoms with van der Waals surface area (Å²) in [5, 5.41) is 0. The second-order valence-electron chi connectivity index (χ2n) is 9.31. The Morgan fingerprint density at radius 1 is 1.00 bits per heavy atom. The summed E-state index contributed by atoms with van der Waals surface area (Å²) in [5.41, 5.74) is 6.57. The van der Waals surface area contributed by atoms with Crippen molar-refractivity contribution in [3.8, 4) is 17.2 Å². The maximum Gasteiger partial charge on any atom is 0.230 e. The first-order valence-corrected chi connectivity index (χ1v) is 13.1. The minimum atomic E-state index is 0.270. The molecule has 0 N–H and O–H groups in total. The molecular formula is C29H30N2O2S. The topological polar surface area (TPSA) is 38.5 Å². The molecule has 0 bridgehead atoms. The van der Waals surface area contributed by atoms with Crippen molar-refractivity contribution in [1.82, 2.24) is 9.88 Å². The molecule has 1 atom stereocenters. The number of aryl methyl sites for hydroxylation is 2. The van der Waals surface area contributed by atoms with E-state index in [0.29, 0.717) is 5.89 Å². The lowest BCUT2D eigenvalue weighted by Gasteiger charge is -2.36. The zero-order valence-corrected chi connectivity index (χ0v) is 20.7. The first kappa shape index (κ1) is 21.6. The average Bonchev–Trinajstić information content (AvgIpc) is 3.44. The van der Waals surface area contributed by atoms with Crippen LogP contribution in [0.25, 0.3) is 11.5 Å². The highest BCUT2D eigenvalue weighted by molar-refractivity contribution is 7.12. The third kappa shape index (κ3) is 3.77. The van der Waals surface area contributed by atoms with Gasteiger partial charge < -0.3 is 9.15 Å². The third-order valence-corrected chi connectivity index (χ3v) is 8.66. The summed E-state index contributed by atoms with van der Waals surface area (Å²) < 4.78 is 11.7. The first-order valence-electron chi connectivity index (χ1n) is 12.2. The number of para-hydroxylation sites is 1. The van der Waals surface area contributed by atoms with Crippen LogP contribution in [0.5, 0.6) is 5.75 Å². The van der Waals surface area contributed by atoms with Crippen LogP contribution in [-0.4, -0.2) is 23.5 Å². The van der Waals surface area contributed by atoms with E-state index in [-0.39, 0.29) is 6.04 Å². The zero-order chi connectivity index (χ0) is 23.1. The van der Waals surface area contributed by atoms with Gasteiger partial charge in [0.25, 0.3) is 0 Å². The molecule has 5 heteroatoms. The van der Waals surface area contributed by atoms with Crippen LogP contribution in [0.3, 0.4) is 0 Å². The first-order chi connectivity index (χ1) is 16.7. The Morgan fingerprint density at radius 3 is 2.65 bits per heavy atom. The predicted molar refractivity (Wildman–Crippen MR) is 137 cm³/mol. The minimum absolute atomic E-state index is 0.270. The Morgan fingerprint density at radius 2 is 1.79 bits per heavy atom. The maximum atomic E-state index is 6.15. The van der Waals surface area contributed by atoms with Crippen LogP contribution in [0.15, 0.2) is 59.0 Å². The van der Waals surface area contributed by atoms with E-state index in [1.165, 1.54) is 31.2 Å². The number of oxazole rings is 1. The van der Waals surface area contributed by atoms with Crippen LogP contribution in [-0.2, 0) is 25.8 Å². The van der Waals surface area contributed by atoms with Crippen molar-refractivity contribution in [2.45, 2.75) is 51.6 Å². The molecule has 34 heavy (non-hydrogen) atoms. The Labute approximate surface area is 205 Å². The number of ether oxygens (including phenoxy) is 1. The number of nitrogens with zero attached hydrogens (tertiary/aromatic N) is 2. The van der Waals surface area contributed by atoms with E-state index in [0.717, 1.165) is 42.3 Å². The molecule has 1 aliphatic carbocycles. The number of aromatic nitrogens is 1. The van der Waals surface area contributed by atoms with E-state index >= 15 is 0 Å². The Hall–Kier alpha value is -2.89. The van der Waals surface area contributed by atoms with Crippen molar-refractivity contribution in [2.75, 3.05) is 13.7 Å². The number of methoxy groups -OCH3 is 1. The average molecular weight is 471 g/mol. The predicted octanol–water partition coefficient (Wildman–Crippen LogP) is 6.75. The maximum absolute atomic E-state index is 6.15. The number of hydrogen-bond acceptors (Lipinski definition) is 5.